The maximum absolute atomic E-state index is 12.5. The zero-order valence-corrected chi connectivity index (χ0v) is 32.7. The number of ether oxygens (including phenoxy) is 2. The first-order valence-electron chi connectivity index (χ1n) is 18.9. The van der Waals surface area contributed by atoms with Crippen molar-refractivity contribution in [3.05, 3.63) is 72.9 Å². The van der Waals surface area contributed by atoms with Crippen molar-refractivity contribution in [2.75, 3.05) is 26.4 Å². The van der Waals surface area contributed by atoms with Gasteiger partial charge in [-0.2, -0.15) is 0 Å². The van der Waals surface area contributed by atoms with E-state index in [-0.39, 0.29) is 19.4 Å². The predicted molar refractivity (Wildman–Crippen MR) is 206 cm³/mol. The van der Waals surface area contributed by atoms with Crippen LogP contribution in [0.25, 0.3) is 0 Å². The summed E-state index contributed by atoms with van der Waals surface area (Å²) < 4.78 is 32.4. The van der Waals surface area contributed by atoms with Gasteiger partial charge < -0.3 is 29.7 Å². The molecule has 0 aromatic rings. The van der Waals surface area contributed by atoms with Crippen LogP contribution in [-0.2, 0) is 32.7 Å². The number of unbranched alkanes of at least 4 members (excludes halogenated alkanes) is 5. The highest BCUT2D eigenvalue weighted by atomic mass is 31.2. The molecule has 0 spiro atoms. The van der Waals surface area contributed by atoms with Gasteiger partial charge >= 0.3 is 19.8 Å². The van der Waals surface area contributed by atoms with Crippen molar-refractivity contribution in [1.29, 1.82) is 0 Å². The van der Waals surface area contributed by atoms with Gasteiger partial charge in [0.1, 0.15) is 12.7 Å². The first-order valence-corrected chi connectivity index (χ1v) is 20.4. The zero-order valence-electron chi connectivity index (χ0n) is 31.8. The molecule has 0 rings (SSSR count). The lowest BCUT2D eigenvalue weighted by Crippen LogP contribution is -2.29. The van der Waals surface area contributed by atoms with Gasteiger partial charge in [0.15, 0.2) is 6.10 Å². The predicted octanol–water partition coefficient (Wildman–Crippen LogP) is 8.15. The van der Waals surface area contributed by atoms with E-state index in [0.29, 0.717) is 25.2 Å². The highest BCUT2D eigenvalue weighted by Gasteiger charge is 2.27. The van der Waals surface area contributed by atoms with E-state index < -0.39 is 57.9 Å². The second kappa shape index (κ2) is 34.2. The van der Waals surface area contributed by atoms with Crippen molar-refractivity contribution in [2.24, 2.45) is 5.92 Å². The molecule has 0 radical (unpaired) electrons. The molecular formula is C40H67O11P. The summed E-state index contributed by atoms with van der Waals surface area (Å²) in [7, 11) is -4.64. The van der Waals surface area contributed by atoms with E-state index in [4.69, 9.17) is 19.1 Å². The lowest BCUT2D eigenvalue weighted by atomic mass is 10.0. The number of phosphoric acid groups is 1. The number of carbonyl (C=O) groups is 2. The number of rotatable bonds is 33. The number of esters is 2. The van der Waals surface area contributed by atoms with Crippen molar-refractivity contribution in [3.63, 3.8) is 0 Å². The standard InChI is InChI=1S/C40H67O11P/c1-4-5-21-27-36(42)28-23-18-13-11-9-7-6-8-10-12-14-19-24-29-39(44)48-33-38(34-50-52(46,47)49-32-37(43)31-41)51-40(45)30-25-20-16-15-17-22-26-35(2)3/h5,7-10,13-14,18-19,21,23,28,35-38,41-43H,4,6,11-12,15-17,20,22,24-27,29-34H2,1-3H3,(H,46,47)/b9-7-,10-8-,18-13+,19-14-,21-5-,28-23+/t36?,37-,38+/m0/s1. The Labute approximate surface area is 312 Å². The van der Waals surface area contributed by atoms with Gasteiger partial charge in [0.05, 0.1) is 25.9 Å². The van der Waals surface area contributed by atoms with Crippen LogP contribution in [0.4, 0.5) is 0 Å². The van der Waals surface area contributed by atoms with Crippen LogP contribution in [0.5, 0.6) is 0 Å². The SMILES string of the molecule is CC/C=C\CC(O)/C=C/C=C/C/C=C\C/C=C\C/C=C\CCC(=O)OC[C@H](COP(=O)(O)OC[C@@H](O)CO)OC(=O)CCCCCCCCC(C)C. The van der Waals surface area contributed by atoms with E-state index in [9.17, 15) is 29.3 Å². The van der Waals surface area contributed by atoms with Crippen molar-refractivity contribution in [1.82, 2.24) is 0 Å². The normalized spacial score (nSPS) is 15.5. The Morgan fingerprint density at radius 1 is 0.712 bits per heavy atom. The third kappa shape index (κ3) is 34.5. The molecule has 0 aromatic carbocycles. The van der Waals surface area contributed by atoms with Gasteiger partial charge in [0.2, 0.25) is 0 Å². The molecule has 0 fully saturated rings. The molecule has 0 saturated carbocycles. The first kappa shape index (κ1) is 49.4. The molecular weight excluding hydrogens is 687 g/mol. The quantitative estimate of drug-likeness (QED) is 0.0168. The zero-order chi connectivity index (χ0) is 38.7. The number of carbonyl (C=O) groups excluding carboxylic acids is 2. The molecule has 0 aromatic heterocycles. The van der Waals surface area contributed by atoms with Gasteiger partial charge in [-0.15, -0.1) is 0 Å². The van der Waals surface area contributed by atoms with Crippen LogP contribution >= 0.6 is 7.82 Å². The summed E-state index contributed by atoms with van der Waals surface area (Å²) in [6.45, 7) is 4.24. The molecule has 4 atom stereocenters. The van der Waals surface area contributed by atoms with Gasteiger partial charge in [-0.25, -0.2) is 4.57 Å². The van der Waals surface area contributed by atoms with E-state index in [0.717, 1.165) is 44.9 Å². The average Bonchev–Trinajstić information content (AvgIpc) is 3.11. The minimum Gasteiger partial charge on any atom is -0.462 e. The summed E-state index contributed by atoms with van der Waals surface area (Å²) in [6, 6.07) is 0. The lowest BCUT2D eigenvalue weighted by molar-refractivity contribution is -0.161. The molecule has 4 N–H and O–H groups in total. The first-order chi connectivity index (χ1) is 25.0. The number of hydrogen-bond donors (Lipinski definition) is 4. The van der Waals surface area contributed by atoms with Crippen LogP contribution in [0.1, 0.15) is 117 Å². The molecule has 0 bridgehead atoms. The molecule has 0 aliphatic carbocycles. The molecule has 11 nitrogen and oxygen atoms in total. The van der Waals surface area contributed by atoms with E-state index in [1.54, 1.807) is 6.08 Å². The minimum absolute atomic E-state index is 0.0971. The van der Waals surface area contributed by atoms with Gasteiger partial charge in [-0.05, 0) is 50.9 Å². The Balaban J connectivity index is 4.51. The Morgan fingerprint density at radius 2 is 1.33 bits per heavy atom. The van der Waals surface area contributed by atoms with Crippen molar-refractivity contribution >= 4 is 19.8 Å². The fourth-order valence-electron chi connectivity index (χ4n) is 4.46. The maximum Gasteiger partial charge on any atom is 0.472 e. The van der Waals surface area contributed by atoms with Gasteiger partial charge in [-0.1, -0.05) is 132 Å². The number of phosphoric ester groups is 1. The van der Waals surface area contributed by atoms with Crippen LogP contribution in [0.15, 0.2) is 72.9 Å². The van der Waals surface area contributed by atoms with Crippen LogP contribution in [0.3, 0.4) is 0 Å². The summed E-state index contributed by atoms with van der Waals surface area (Å²) >= 11 is 0. The molecule has 0 heterocycles. The van der Waals surface area contributed by atoms with Crippen LogP contribution in [-0.4, -0.2) is 76.9 Å². The second-order valence-electron chi connectivity index (χ2n) is 12.9. The van der Waals surface area contributed by atoms with E-state index in [1.165, 1.54) is 19.3 Å². The van der Waals surface area contributed by atoms with Crippen molar-refractivity contribution in [2.45, 2.75) is 135 Å². The lowest BCUT2D eigenvalue weighted by Gasteiger charge is -2.20. The largest absolute Gasteiger partial charge is 0.472 e. The van der Waals surface area contributed by atoms with Crippen molar-refractivity contribution < 1.29 is 52.9 Å². The van der Waals surface area contributed by atoms with E-state index in [1.807, 2.05) is 48.6 Å². The fraction of sp³-hybridized carbons (Fsp3) is 0.650. The summed E-state index contributed by atoms with van der Waals surface area (Å²) in [5.74, 6) is -0.358. The third-order valence-corrected chi connectivity index (χ3v) is 8.35. The fourth-order valence-corrected chi connectivity index (χ4v) is 5.25. The van der Waals surface area contributed by atoms with E-state index >= 15 is 0 Å². The van der Waals surface area contributed by atoms with Crippen molar-refractivity contribution in [3.8, 4) is 0 Å². The monoisotopic (exact) mass is 754 g/mol. The molecule has 2 unspecified atom stereocenters. The number of aliphatic hydroxyl groups excluding tert-OH is 3. The van der Waals surface area contributed by atoms with Gasteiger partial charge in [0, 0.05) is 12.8 Å². The Bertz CT molecular complexity index is 1130. The topological polar surface area (TPSA) is 169 Å². The van der Waals surface area contributed by atoms with Gasteiger partial charge in [-0.3, -0.25) is 18.6 Å². The molecule has 0 aliphatic rings. The molecule has 0 amide bonds. The van der Waals surface area contributed by atoms with E-state index in [2.05, 4.69) is 43.5 Å². The Morgan fingerprint density at radius 3 is 1.98 bits per heavy atom. The van der Waals surface area contributed by atoms with Crippen LogP contribution in [0, 0.1) is 5.92 Å². The molecule has 0 aliphatic heterocycles. The number of allylic oxidation sites excluding steroid dienone is 10. The Kier molecular flexibility index (Phi) is 32.4. The molecule has 0 saturated heterocycles. The average molecular weight is 755 g/mol. The minimum atomic E-state index is -4.64. The summed E-state index contributed by atoms with van der Waals surface area (Å²) in [5.41, 5.74) is 0. The molecule has 298 valence electrons. The summed E-state index contributed by atoms with van der Waals surface area (Å²) in [6.07, 6.45) is 32.6. The highest BCUT2D eigenvalue weighted by Crippen LogP contribution is 2.43. The maximum atomic E-state index is 12.5. The van der Waals surface area contributed by atoms with Crippen LogP contribution < -0.4 is 0 Å². The number of hydrogen-bond acceptors (Lipinski definition) is 10. The Hall–Kier alpha value is -2.63. The van der Waals surface area contributed by atoms with Crippen LogP contribution in [0.2, 0.25) is 0 Å². The summed E-state index contributed by atoms with van der Waals surface area (Å²) in [4.78, 5) is 34.7. The summed E-state index contributed by atoms with van der Waals surface area (Å²) in [5, 5.41) is 28.1. The van der Waals surface area contributed by atoms with Gasteiger partial charge in [0.25, 0.3) is 0 Å². The number of aliphatic hydroxyl groups is 3. The molecule has 52 heavy (non-hydrogen) atoms. The third-order valence-electron chi connectivity index (χ3n) is 7.40. The molecule has 12 heteroatoms. The highest BCUT2D eigenvalue weighted by molar-refractivity contribution is 7.47. The smallest absolute Gasteiger partial charge is 0.462 e. The second-order valence-corrected chi connectivity index (χ2v) is 14.4.